The average Bonchev–Trinajstić information content (AvgIpc) is 2.03. The van der Waals surface area contributed by atoms with Gasteiger partial charge in [-0.25, -0.2) is 0 Å². The van der Waals surface area contributed by atoms with Crippen LogP contribution in [0.2, 0.25) is 0 Å². The summed E-state index contributed by atoms with van der Waals surface area (Å²) in [6.45, 7) is 2.14. The van der Waals surface area contributed by atoms with Crippen molar-refractivity contribution in [3.05, 3.63) is 42.0 Å². The van der Waals surface area contributed by atoms with E-state index >= 15 is 0 Å². The second-order valence-electron chi connectivity index (χ2n) is 2.22. The SMILES string of the molecule is CCC=Cc1ccccc1.[Na+].[OH-]. The maximum atomic E-state index is 2.16. The average molecular weight is 172 g/mol. The minimum Gasteiger partial charge on any atom is -0.870 e. The molecular weight excluding hydrogens is 159 g/mol. The molecule has 0 radical (unpaired) electrons. The Morgan fingerprint density at radius 2 is 1.75 bits per heavy atom. The maximum Gasteiger partial charge on any atom is 1.00 e. The molecular formula is C10H13NaO. The largest absolute Gasteiger partial charge is 1.00 e. The van der Waals surface area contributed by atoms with E-state index in [-0.39, 0.29) is 35.0 Å². The van der Waals surface area contributed by atoms with Crippen LogP contribution in [0.1, 0.15) is 18.9 Å². The standard InChI is InChI=1S/C10H12.Na.H2O/c1-2-3-7-10-8-5-4-6-9-10;;/h3-9H,2H2,1H3;;1H2/q;+1;/p-1. The normalized spacial score (nSPS) is 8.75. The molecule has 0 aromatic heterocycles. The van der Waals surface area contributed by atoms with E-state index in [2.05, 4.69) is 43.3 Å². The molecule has 1 nitrogen and oxygen atoms in total. The number of hydrogen-bond donors (Lipinski definition) is 0. The number of benzene rings is 1. The quantitative estimate of drug-likeness (QED) is 0.575. The van der Waals surface area contributed by atoms with Crippen LogP contribution in [0.3, 0.4) is 0 Å². The minimum absolute atomic E-state index is 0. The summed E-state index contributed by atoms with van der Waals surface area (Å²) in [5, 5.41) is 0. The molecule has 12 heavy (non-hydrogen) atoms. The van der Waals surface area contributed by atoms with E-state index < -0.39 is 0 Å². The smallest absolute Gasteiger partial charge is 0.870 e. The van der Waals surface area contributed by atoms with Crippen molar-refractivity contribution < 1.29 is 35.0 Å². The van der Waals surface area contributed by atoms with Crippen molar-refractivity contribution in [3.63, 3.8) is 0 Å². The van der Waals surface area contributed by atoms with Crippen LogP contribution in [0, 0.1) is 0 Å². The van der Waals surface area contributed by atoms with Crippen molar-refractivity contribution in [1.82, 2.24) is 0 Å². The molecule has 0 bridgehead atoms. The van der Waals surface area contributed by atoms with Crippen LogP contribution in [0.25, 0.3) is 6.08 Å². The Morgan fingerprint density at radius 1 is 1.17 bits per heavy atom. The summed E-state index contributed by atoms with van der Waals surface area (Å²) in [4.78, 5) is 0. The predicted molar refractivity (Wildman–Crippen MR) is 47.7 cm³/mol. The fourth-order valence-corrected chi connectivity index (χ4v) is 0.818. The first-order chi connectivity index (χ1) is 4.93. The molecule has 0 aliphatic rings. The molecule has 60 valence electrons. The van der Waals surface area contributed by atoms with Gasteiger partial charge in [0, 0.05) is 0 Å². The fraction of sp³-hybridized carbons (Fsp3) is 0.200. The first kappa shape index (κ1) is 14.4. The second-order valence-corrected chi connectivity index (χ2v) is 2.22. The summed E-state index contributed by atoms with van der Waals surface area (Å²) >= 11 is 0. The van der Waals surface area contributed by atoms with Gasteiger partial charge in [0.1, 0.15) is 0 Å². The zero-order valence-corrected chi connectivity index (χ0v) is 9.70. The van der Waals surface area contributed by atoms with E-state index in [0.29, 0.717) is 0 Å². The molecule has 0 fully saturated rings. The maximum absolute atomic E-state index is 2.16. The Bertz CT molecular complexity index is 206. The Labute approximate surface area is 96.1 Å². The second kappa shape index (κ2) is 9.01. The molecule has 0 unspecified atom stereocenters. The fourth-order valence-electron chi connectivity index (χ4n) is 0.818. The van der Waals surface area contributed by atoms with E-state index in [1.807, 2.05) is 6.07 Å². The molecule has 0 spiro atoms. The zero-order chi connectivity index (χ0) is 7.23. The molecule has 0 heterocycles. The molecule has 0 aliphatic heterocycles. The first-order valence-corrected chi connectivity index (χ1v) is 3.65. The van der Waals surface area contributed by atoms with Crippen LogP contribution in [0.4, 0.5) is 0 Å². The third-order valence-corrected chi connectivity index (χ3v) is 1.35. The van der Waals surface area contributed by atoms with Crippen LogP contribution in [-0.2, 0) is 0 Å². The summed E-state index contributed by atoms with van der Waals surface area (Å²) < 4.78 is 0. The van der Waals surface area contributed by atoms with Crippen molar-refractivity contribution in [2.24, 2.45) is 0 Å². The molecule has 1 aromatic rings. The van der Waals surface area contributed by atoms with Crippen molar-refractivity contribution in [2.75, 3.05) is 0 Å². The van der Waals surface area contributed by atoms with Gasteiger partial charge in [-0.3, -0.25) is 0 Å². The Kier molecular flexibility index (Phi) is 10.8. The van der Waals surface area contributed by atoms with E-state index in [4.69, 9.17) is 0 Å². The van der Waals surface area contributed by atoms with Crippen LogP contribution in [0.5, 0.6) is 0 Å². The molecule has 0 amide bonds. The van der Waals surface area contributed by atoms with E-state index in [0.717, 1.165) is 6.42 Å². The first-order valence-electron chi connectivity index (χ1n) is 3.65. The van der Waals surface area contributed by atoms with Gasteiger partial charge in [-0.05, 0) is 12.0 Å². The summed E-state index contributed by atoms with van der Waals surface area (Å²) in [5.74, 6) is 0. The Morgan fingerprint density at radius 3 is 2.25 bits per heavy atom. The molecule has 0 saturated carbocycles. The predicted octanol–water partition coefficient (Wildman–Crippen LogP) is -0.0630. The van der Waals surface area contributed by atoms with Gasteiger partial charge >= 0.3 is 29.6 Å². The number of rotatable bonds is 2. The molecule has 2 heteroatoms. The van der Waals surface area contributed by atoms with Gasteiger partial charge in [0.05, 0.1) is 0 Å². The van der Waals surface area contributed by atoms with Crippen LogP contribution in [-0.4, -0.2) is 5.48 Å². The van der Waals surface area contributed by atoms with Crippen LogP contribution < -0.4 is 29.6 Å². The third kappa shape index (κ3) is 5.56. The van der Waals surface area contributed by atoms with E-state index in [9.17, 15) is 0 Å². The van der Waals surface area contributed by atoms with Crippen molar-refractivity contribution in [2.45, 2.75) is 13.3 Å². The molecule has 0 saturated heterocycles. The van der Waals surface area contributed by atoms with Crippen molar-refractivity contribution in [3.8, 4) is 0 Å². The molecule has 1 N–H and O–H groups in total. The molecule has 0 aliphatic carbocycles. The van der Waals surface area contributed by atoms with Crippen LogP contribution >= 0.6 is 0 Å². The molecule has 0 atom stereocenters. The Hall–Kier alpha value is -0.0800. The summed E-state index contributed by atoms with van der Waals surface area (Å²) in [7, 11) is 0. The summed E-state index contributed by atoms with van der Waals surface area (Å²) in [6, 6.07) is 10.3. The monoisotopic (exact) mass is 172 g/mol. The zero-order valence-electron chi connectivity index (χ0n) is 7.70. The molecule has 1 aromatic carbocycles. The van der Waals surface area contributed by atoms with Gasteiger partial charge in [0.15, 0.2) is 0 Å². The van der Waals surface area contributed by atoms with Gasteiger partial charge in [-0.15, -0.1) is 0 Å². The topological polar surface area (TPSA) is 30.0 Å². The van der Waals surface area contributed by atoms with Crippen molar-refractivity contribution in [1.29, 1.82) is 0 Å². The summed E-state index contributed by atoms with van der Waals surface area (Å²) in [6.07, 6.45) is 5.41. The minimum atomic E-state index is 0. The van der Waals surface area contributed by atoms with Gasteiger partial charge in [-0.1, -0.05) is 49.4 Å². The van der Waals surface area contributed by atoms with Gasteiger partial charge < -0.3 is 5.48 Å². The van der Waals surface area contributed by atoms with E-state index in [1.165, 1.54) is 5.56 Å². The third-order valence-electron chi connectivity index (χ3n) is 1.35. The number of allylic oxidation sites excluding steroid dienone is 1. The number of hydrogen-bond acceptors (Lipinski definition) is 1. The van der Waals surface area contributed by atoms with E-state index in [1.54, 1.807) is 0 Å². The van der Waals surface area contributed by atoms with Gasteiger partial charge in [-0.2, -0.15) is 0 Å². The molecule has 1 rings (SSSR count). The van der Waals surface area contributed by atoms with Crippen molar-refractivity contribution >= 4 is 6.08 Å². The Balaban J connectivity index is 0. The summed E-state index contributed by atoms with van der Waals surface area (Å²) in [5.41, 5.74) is 1.28. The van der Waals surface area contributed by atoms with Crippen LogP contribution in [0.15, 0.2) is 36.4 Å². The van der Waals surface area contributed by atoms with Gasteiger partial charge in [0.2, 0.25) is 0 Å². The van der Waals surface area contributed by atoms with Gasteiger partial charge in [0.25, 0.3) is 0 Å².